The quantitative estimate of drug-likeness (QED) is 0.781. The van der Waals surface area contributed by atoms with Gasteiger partial charge >= 0.3 is 0 Å². The van der Waals surface area contributed by atoms with Crippen LogP contribution in [0.3, 0.4) is 0 Å². The minimum atomic E-state index is -0.0528. The maximum Gasteiger partial charge on any atom is 0.257 e. The topological polar surface area (TPSA) is 38.8 Å². The van der Waals surface area contributed by atoms with Gasteiger partial charge in [0.1, 0.15) is 11.5 Å². The van der Waals surface area contributed by atoms with Crippen molar-refractivity contribution < 1.29 is 14.3 Å². The van der Waals surface area contributed by atoms with Crippen LogP contribution in [0.4, 0.5) is 0 Å². The fourth-order valence-electron chi connectivity index (χ4n) is 2.33. The van der Waals surface area contributed by atoms with Crippen LogP contribution < -0.4 is 9.47 Å². The molecule has 0 radical (unpaired) electrons. The summed E-state index contributed by atoms with van der Waals surface area (Å²) in [5.41, 5.74) is 1.64. The number of hydrogen-bond donors (Lipinski definition) is 0. The lowest BCUT2D eigenvalue weighted by molar-refractivity contribution is 0.0781. The third-order valence-corrected chi connectivity index (χ3v) is 3.42. The van der Waals surface area contributed by atoms with Crippen LogP contribution in [-0.4, -0.2) is 31.1 Å². The maximum absolute atomic E-state index is 12.6. The fourth-order valence-corrected chi connectivity index (χ4v) is 2.33. The molecule has 0 unspecified atom stereocenters. The molecule has 0 saturated carbocycles. The van der Waals surface area contributed by atoms with E-state index in [-0.39, 0.29) is 5.91 Å². The predicted octanol–water partition coefficient (Wildman–Crippen LogP) is 3.76. The minimum Gasteiger partial charge on any atom is -0.494 e. The molecule has 0 aliphatic heterocycles. The number of amides is 1. The first-order valence-electron chi connectivity index (χ1n) is 7.84. The van der Waals surface area contributed by atoms with Crippen LogP contribution >= 0.6 is 0 Å². The van der Waals surface area contributed by atoms with Crippen LogP contribution in [0.1, 0.15) is 29.8 Å². The fraction of sp³-hybridized carbons (Fsp3) is 0.316. The van der Waals surface area contributed by atoms with Crippen molar-refractivity contribution in [1.29, 1.82) is 0 Å². The Balaban J connectivity index is 2.08. The lowest BCUT2D eigenvalue weighted by Gasteiger charge is -2.19. The van der Waals surface area contributed by atoms with Gasteiger partial charge in [0.25, 0.3) is 5.91 Å². The molecule has 4 heteroatoms. The number of carbonyl (C=O) groups excluding carboxylic acids is 1. The van der Waals surface area contributed by atoms with Gasteiger partial charge in [-0.2, -0.15) is 0 Å². The highest BCUT2D eigenvalue weighted by molar-refractivity contribution is 5.96. The van der Waals surface area contributed by atoms with Crippen molar-refractivity contribution >= 4 is 5.91 Å². The molecule has 0 N–H and O–H groups in total. The van der Waals surface area contributed by atoms with Crippen molar-refractivity contribution in [3.8, 4) is 11.5 Å². The van der Waals surface area contributed by atoms with E-state index in [1.807, 2.05) is 56.3 Å². The number of carbonyl (C=O) groups is 1. The van der Waals surface area contributed by atoms with Crippen molar-refractivity contribution in [2.75, 3.05) is 20.3 Å². The highest BCUT2D eigenvalue weighted by Gasteiger charge is 2.16. The van der Waals surface area contributed by atoms with Gasteiger partial charge in [-0.25, -0.2) is 0 Å². The van der Waals surface area contributed by atoms with E-state index < -0.39 is 0 Å². The molecule has 0 spiro atoms. The minimum absolute atomic E-state index is 0.0528. The largest absolute Gasteiger partial charge is 0.494 e. The van der Waals surface area contributed by atoms with Gasteiger partial charge in [-0.3, -0.25) is 4.79 Å². The standard InChI is InChI=1S/C19H23NO3/c1-4-22-16-12-10-15(11-13-16)14-20(3)19(21)17-8-6-7-9-18(17)23-5-2/h6-13H,4-5,14H2,1-3H3. The van der Waals surface area contributed by atoms with Crippen molar-refractivity contribution in [2.24, 2.45) is 0 Å². The summed E-state index contributed by atoms with van der Waals surface area (Å²) >= 11 is 0. The Morgan fingerprint density at radius 1 is 0.957 bits per heavy atom. The number of benzene rings is 2. The Kier molecular flexibility index (Phi) is 6.03. The molecule has 2 aromatic carbocycles. The highest BCUT2D eigenvalue weighted by Crippen LogP contribution is 2.21. The molecule has 0 aromatic heterocycles. The number of hydrogen-bond acceptors (Lipinski definition) is 3. The molecule has 2 aromatic rings. The molecule has 1 amide bonds. The molecular weight excluding hydrogens is 290 g/mol. The van der Waals surface area contributed by atoms with E-state index in [0.29, 0.717) is 31.1 Å². The van der Waals surface area contributed by atoms with Crippen LogP contribution in [0, 0.1) is 0 Å². The Morgan fingerprint density at radius 3 is 2.26 bits per heavy atom. The van der Waals surface area contributed by atoms with E-state index in [0.717, 1.165) is 11.3 Å². The van der Waals surface area contributed by atoms with Crippen LogP contribution in [0.5, 0.6) is 11.5 Å². The first-order valence-corrected chi connectivity index (χ1v) is 7.84. The van der Waals surface area contributed by atoms with Gasteiger partial charge in [0, 0.05) is 13.6 Å². The molecule has 2 rings (SSSR count). The Morgan fingerprint density at radius 2 is 1.61 bits per heavy atom. The average molecular weight is 313 g/mol. The van der Waals surface area contributed by atoms with Crippen molar-refractivity contribution in [3.63, 3.8) is 0 Å². The van der Waals surface area contributed by atoms with Gasteiger partial charge in [-0.05, 0) is 43.7 Å². The summed E-state index contributed by atoms with van der Waals surface area (Å²) in [6, 6.07) is 15.1. The second-order valence-electron chi connectivity index (χ2n) is 5.17. The zero-order chi connectivity index (χ0) is 16.7. The number of ether oxygens (including phenoxy) is 2. The number of para-hydroxylation sites is 1. The van der Waals surface area contributed by atoms with Gasteiger partial charge in [0.2, 0.25) is 0 Å². The van der Waals surface area contributed by atoms with E-state index in [9.17, 15) is 4.79 Å². The predicted molar refractivity (Wildman–Crippen MR) is 91.0 cm³/mol. The molecule has 0 heterocycles. The zero-order valence-corrected chi connectivity index (χ0v) is 13.9. The lowest BCUT2D eigenvalue weighted by atomic mass is 10.1. The Bertz CT molecular complexity index is 637. The summed E-state index contributed by atoms with van der Waals surface area (Å²) in [6.45, 7) is 5.58. The molecule has 0 aliphatic rings. The number of rotatable bonds is 7. The van der Waals surface area contributed by atoms with E-state index in [2.05, 4.69) is 0 Å². The van der Waals surface area contributed by atoms with Crippen LogP contribution in [-0.2, 0) is 6.54 Å². The molecule has 0 aliphatic carbocycles. The third-order valence-electron chi connectivity index (χ3n) is 3.42. The van der Waals surface area contributed by atoms with E-state index >= 15 is 0 Å². The van der Waals surface area contributed by atoms with E-state index in [1.165, 1.54) is 0 Å². The second-order valence-corrected chi connectivity index (χ2v) is 5.17. The Labute approximate surface area is 137 Å². The summed E-state index contributed by atoms with van der Waals surface area (Å²) < 4.78 is 11.0. The normalized spacial score (nSPS) is 10.2. The maximum atomic E-state index is 12.6. The van der Waals surface area contributed by atoms with Crippen molar-refractivity contribution in [2.45, 2.75) is 20.4 Å². The second kappa shape index (κ2) is 8.22. The van der Waals surface area contributed by atoms with Crippen LogP contribution in [0.2, 0.25) is 0 Å². The first-order chi connectivity index (χ1) is 11.2. The molecule has 122 valence electrons. The third kappa shape index (κ3) is 4.49. The van der Waals surface area contributed by atoms with Crippen LogP contribution in [0.15, 0.2) is 48.5 Å². The summed E-state index contributed by atoms with van der Waals surface area (Å²) in [5, 5.41) is 0. The van der Waals surface area contributed by atoms with Crippen LogP contribution in [0.25, 0.3) is 0 Å². The molecule has 0 atom stereocenters. The van der Waals surface area contributed by atoms with E-state index in [4.69, 9.17) is 9.47 Å². The zero-order valence-electron chi connectivity index (χ0n) is 13.9. The van der Waals surface area contributed by atoms with Gasteiger partial charge in [0.05, 0.1) is 18.8 Å². The average Bonchev–Trinajstić information content (AvgIpc) is 2.57. The van der Waals surface area contributed by atoms with E-state index in [1.54, 1.807) is 18.0 Å². The smallest absolute Gasteiger partial charge is 0.257 e. The molecule has 0 fully saturated rings. The molecule has 0 bridgehead atoms. The highest BCUT2D eigenvalue weighted by atomic mass is 16.5. The molecular formula is C19H23NO3. The summed E-state index contributed by atoms with van der Waals surface area (Å²) in [6.07, 6.45) is 0. The summed E-state index contributed by atoms with van der Waals surface area (Å²) in [4.78, 5) is 14.3. The lowest BCUT2D eigenvalue weighted by Crippen LogP contribution is -2.26. The SMILES string of the molecule is CCOc1ccc(CN(C)C(=O)c2ccccc2OCC)cc1. The van der Waals surface area contributed by atoms with Gasteiger partial charge in [-0.1, -0.05) is 24.3 Å². The molecule has 23 heavy (non-hydrogen) atoms. The first kappa shape index (κ1) is 16.9. The summed E-state index contributed by atoms with van der Waals surface area (Å²) in [7, 11) is 1.79. The van der Waals surface area contributed by atoms with Gasteiger partial charge in [-0.15, -0.1) is 0 Å². The van der Waals surface area contributed by atoms with Gasteiger partial charge in [0.15, 0.2) is 0 Å². The van der Waals surface area contributed by atoms with Crippen molar-refractivity contribution in [3.05, 3.63) is 59.7 Å². The molecule has 0 saturated heterocycles. The molecule has 4 nitrogen and oxygen atoms in total. The van der Waals surface area contributed by atoms with Gasteiger partial charge < -0.3 is 14.4 Å². The summed E-state index contributed by atoms with van der Waals surface area (Å²) in [5.74, 6) is 1.41. The number of nitrogens with zero attached hydrogens (tertiary/aromatic N) is 1. The van der Waals surface area contributed by atoms with Crippen molar-refractivity contribution in [1.82, 2.24) is 4.90 Å². The Hall–Kier alpha value is -2.49. The monoisotopic (exact) mass is 313 g/mol.